The standard InChI is InChI=1S/C19H20N2O4/c1-13(15-6-9-17-18(12-15)25-11-3-10-24-17)20-21-19(22)14-4-7-16(23-2)8-5-14/h4-9,12H,3,10-11H2,1-2H3,(H,21,22)/b20-13-. The molecule has 2 aromatic rings. The molecule has 0 saturated heterocycles. The summed E-state index contributed by atoms with van der Waals surface area (Å²) in [5.74, 6) is 1.85. The van der Waals surface area contributed by atoms with Gasteiger partial charge >= 0.3 is 0 Å². The van der Waals surface area contributed by atoms with E-state index in [4.69, 9.17) is 14.2 Å². The third-order valence-electron chi connectivity index (χ3n) is 3.84. The summed E-state index contributed by atoms with van der Waals surface area (Å²) in [5.41, 5.74) is 4.61. The monoisotopic (exact) mass is 340 g/mol. The molecular formula is C19H20N2O4. The summed E-state index contributed by atoms with van der Waals surface area (Å²) < 4.78 is 16.4. The van der Waals surface area contributed by atoms with E-state index in [-0.39, 0.29) is 5.91 Å². The molecule has 0 saturated carbocycles. The molecule has 0 aromatic heterocycles. The number of amides is 1. The van der Waals surface area contributed by atoms with Crippen LogP contribution in [-0.4, -0.2) is 31.9 Å². The lowest BCUT2D eigenvalue weighted by Gasteiger charge is -2.09. The van der Waals surface area contributed by atoms with Gasteiger partial charge in [0.15, 0.2) is 11.5 Å². The van der Waals surface area contributed by atoms with E-state index in [2.05, 4.69) is 10.5 Å². The van der Waals surface area contributed by atoms with Crippen LogP contribution in [0.4, 0.5) is 0 Å². The first-order valence-electron chi connectivity index (χ1n) is 8.06. The van der Waals surface area contributed by atoms with Gasteiger partial charge in [-0.15, -0.1) is 0 Å². The summed E-state index contributed by atoms with van der Waals surface area (Å²) in [6.45, 7) is 3.10. The Morgan fingerprint density at radius 2 is 1.72 bits per heavy atom. The zero-order chi connectivity index (χ0) is 17.6. The molecule has 0 bridgehead atoms. The van der Waals surface area contributed by atoms with E-state index < -0.39 is 0 Å². The average molecular weight is 340 g/mol. The summed E-state index contributed by atoms with van der Waals surface area (Å²) in [7, 11) is 1.58. The summed E-state index contributed by atoms with van der Waals surface area (Å²) in [6, 6.07) is 12.5. The first-order valence-corrected chi connectivity index (χ1v) is 8.06. The van der Waals surface area contributed by atoms with E-state index in [0.29, 0.717) is 36.0 Å². The second-order valence-corrected chi connectivity index (χ2v) is 5.58. The number of methoxy groups -OCH3 is 1. The van der Waals surface area contributed by atoms with Gasteiger partial charge in [-0.25, -0.2) is 5.43 Å². The lowest BCUT2D eigenvalue weighted by molar-refractivity contribution is 0.0955. The number of carbonyl (C=O) groups excluding carboxylic acids is 1. The van der Waals surface area contributed by atoms with Crippen LogP contribution >= 0.6 is 0 Å². The van der Waals surface area contributed by atoms with E-state index in [0.717, 1.165) is 17.7 Å². The van der Waals surface area contributed by atoms with Crippen LogP contribution in [0, 0.1) is 0 Å². The Labute approximate surface area is 146 Å². The number of hydrogen-bond acceptors (Lipinski definition) is 5. The molecule has 1 heterocycles. The quantitative estimate of drug-likeness (QED) is 0.686. The van der Waals surface area contributed by atoms with Crippen LogP contribution in [0.3, 0.4) is 0 Å². The Bertz CT molecular complexity index is 785. The van der Waals surface area contributed by atoms with Gasteiger partial charge in [0.1, 0.15) is 5.75 Å². The van der Waals surface area contributed by atoms with Gasteiger partial charge in [-0.05, 0) is 49.4 Å². The summed E-state index contributed by atoms with van der Waals surface area (Å²) in [4.78, 5) is 12.2. The topological polar surface area (TPSA) is 69.2 Å². The van der Waals surface area contributed by atoms with Crippen molar-refractivity contribution in [2.45, 2.75) is 13.3 Å². The first kappa shape index (κ1) is 16.8. The van der Waals surface area contributed by atoms with Crippen LogP contribution in [0.15, 0.2) is 47.6 Å². The third-order valence-corrected chi connectivity index (χ3v) is 3.84. The van der Waals surface area contributed by atoms with Crippen LogP contribution in [-0.2, 0) is 0 Å². The summed E-state index contributed by atoms with van der Waals surface area (Å²) in [5, 5.41) is 4.18. The molecule has 0 spiro atoms. The Balaban J connectivity index is 1.70. The summed E-state index contributed by atoms with van der Waals surface area (Å²) >= 11 is 0. The van der Waals surface area contributed by atoms with Crippen LogP contribution in [0.5, 0.6) is 17.2 Å². The van der Waals surface area contributed by atoms with Crippen molar-refractivity contribution in [3.8, 4) is 17.2 Å². The fourth-order valence-electron chi connectivity index (χ4n) is 2.39. The molecule has 3 rings (SSSR count). The highest BCUT2D eigenvalue weighted by atomic mass is 16.5. The van der Waals surface area contributed by atoms with Crippen molar-refractivity contribution in [2.24, 2.45) is 5.10 Å². The van der Waals surface area contributed by atoms with Gasteiger partial charge in [0.25, 0.3) is 5.91 Å². The highest BCUT2D eigenvalue weighted by Gasteiger charge is 2.12. The lowest BCUT2D eigenvalue weighted by atomic mass is 10.1. The van der Waals surface area contributed by atoms with Gasteiger partial charge < -0.3 is 14.2 Å². The molecule has 1 aliphatic rings. The Morgan fingerprint density at radius 3 is 2.44 bits per heavy atom. The highest BCUT2D eigenvalue weighted by Crippen LogP contribution is 2.30. The van der Waals surface area contributed by atoms with Crippen molar-refractivity contribution in [2.75, 3.05) is 20.3 Å². The van der Waals surface area contributed by atoms with Gasteiger partial charge in [0.2, 0.25) is 0 Å². The number of nitrogens with one attached hydrogen (secondary N) is 1. The Morgan fingerprint density at radius 1 is 1.04 bits per heavy atom. The predicted molar refractivity (Wildman–Crippen MR) is 94.7 cm³/mol. The van der Waals surface area contributed by atoms with Gasteiger partial charge in [-0.1, -0.05) is 0 Å². The van der Waals surface area contributed by atoms with Crippen molar-refractivity contribution in [3.63, 3.8) is 0 Å². The molecule has 6 nitrogen and oxygen atoms in total. The molecule has 0 fully saturated rings. The second kappa shape index (κ2) is 7.70. The first-order chi connectivity index (χ1) is 12.2. The molecule has 6 heteroatoms. The van der Waals surface area contributed by atoms with Crippen molar-refractivity contribution in [1.29, 1.82) is 0 Å². The zero-order valence-electron chi connectivity index (χ0n) is 14.2. The normalized spacial score (nSPS) is 13.8. The molecule has 0 aliphatic carbocycles. The minimum Gasteiger partial charge on any atom is -0.497 e. The maximum Gasteiger partial charge on any atom is 0.271 e. The molecule has 25 heavy (non-hydrogen) atoms. The van der Waals surface area contributed by atoms with E-state index >= 15 is 0 Å². The fraction of sp³-hybridized carbons (Fsp3) is 0.263. The van der Waals surface area contributed by atoms with Gasteiger partial charge in [-0.3, -0.25) is 4.79 Å². The minimum atomic E-state index is -0.281. The molecule has 0 radical (unpaired) electrons. The van der Waals surface area contributed by atoms with E-state index in [9.17, 15) is 4.79 Å². The third kappa shape index (κ3) is 4.09. The number of ether oxygens (including phenoxy) is 3. The zero-order valence-corrected chi connectivity index (χ0v) is 14.2. The number of hydrogen-bond donors (Lipinski definition) is 1. The molecule has 1 N–H and O–H groups in total. The van der Waals surface area contributed by atoms with Crippen LogP contribution in [0.2, 0.25) is 0 Å². The van der Waals surface area contributed by atoms with Gasteiger partial charge in [0.05, 0.1) is 26.0 Å². The molecule has 1 amide bonds. The number of benzene rings is 2. The molecule has 0 atom stereocenters. The van der Waals surface area contributed by atoms with E-state index in [1.807, 2.05) is 25.1 Å². The second-order valence-electron chi connectivity index (χ2n) is 5.58. The van der Waals surface area contributed by atoms with Crippen molar-refractivity contribution in [1.82, 2.24) is 5.43 Å². The number of carbonyl (C=O) groups is 1. The highest BCUT2D eigenvalue weighted by molar-refractivity contribution is 6.01. The largest absolute Gasteiger partial charge is 0.497 e. The molecule has 1 aliphatic heterocycles. The Kier molecular flexibility index (Phi) is 5.18. The fourth-order valence-corrected chi connectivity index (χ4v) is 2.39. The SMILES string of the molecule is COc1ccc(C(=O)N/N=C(/C)c2ccc3c(c2)OCCCO3)cc1. The maximum atomic E-state index is 12.2. The molecule has 130 valence electrons. The van der Waals surface area contributed by atoms with Crippen LogP contribution < -0.4 is 19.6 Å². The molecular weight excluding hydrogens is 320 g/mol. The van der Waals surface area contributed by atoms with Crippen LogP contribution in [0.25, 0.3) is 0 Å². The number of nitrogens with zero attached hydrogens (tertiary/aromatic N) is 1. The van der Waals surface area contributed by atoms with Crippen molar-refractivity contribution < 1.29 is 19.0 Å². The van der Waals surface area contributed by atoms with Crippen molar-refractivity contribution in [3.05, 3.63) is 53.6 Å². The molecule has 2 aromatic carbocycles. The lowest BCUT2D eigenvalue weighted by Crippen LogP contribution is -2.19. The number of hydrazone groups is 1. The van der Waals surface area contributed by atoms with E-state index in [1.54, 1.807) is 31.4 Å². The van der Waals surface area contributed by atoms with E-state index in [1.165, 1.54) is 0 Å². The molecule has 0 unspecified atom stereocenters. The average Bonchev–Trinajstić information content (AvgIpc) is 2.90. The number of rotatable bonds is 4. The Hall–Kier alpha value is -3.02. The smallest absolute Gasteiger partial charge is 0.271 e. The summed E-state index contributed by atoms with van der Waals surface area (Å²) in [6.07, 6.45) is 0.856. The minimum absolute atomic E-state index is 0.281. The maximum absolute atomic E-state index is 12.2. The predicted octanol–water partition coefficient (Wildman–Crippen LogP) is 3.01. The van der Waals surface area contributed by atoms with Gasteiger partial charge in [-0.2, -0.15) is 5.10 Å². The number of fused-ring (bicyclic) bond motifs is 1. The van der Waals surface area contributed by atoms with Crippen LogP contribution in [0.1, 0.15) is 29.3 Å². The van der Waals surface area contributed by atoms with Gasteiger partial charge in [0, 0.05) is 17.5 Å². The van der Waals surface area contributed by atoms with Crippen molar-refractivity contribution >= 4 is 11.6 Å².